The zero-order valence-corrected chi connectivity index (χ0v) is 17.2. The number of aliphatic carboxylic acids is 1. The van der Waals surface area contributed by atoms with Gasteiger partial charge in [0, 0.05) is 30.6 Å². The van der Waals surface area contributed by atoms with Gasteiger partial charge in [0.1, 0.15) is 18.5 Å². The molecule has 1 spiro atoms. The third-order valence-electron chi connectivity index (χ3n) is 4.70. The first-order valence-corrected chi connectivity index (χ1v) is 10.2. The maximum absolute atomic E-state index is 12.2. The summed E-state index contributed by atoms with van der Waals surface area (Å²) in [6, 6.07) is 6.02. The van der Waals surface area contributed by atoms with Crippen LogP contribution in [-0.2, 0) is 25.6 Å². The smallest absolute Gasteiger partial charge is 0.475 e. The van der Waals surface area contributed by atoms with Crippen molar-refractivity contribution in [2.24, 2.45) is 0 Å². The molecule has 2 aliphatic rings. The summed E-state index contributed by atoms with van der Waals surface area (Å²) in [6.45, 7) is 4.21. The van der Waals surface area contributed by atoms with Crippen LogP contribution in [0, 0.1) is 0 Å². The molecule has 4 rings (SSSR count). The first-order chi connectivity index (χ1) is 14.7. The third kappa shape index (κ3) is 6.29. The Labute approximate surface area is 179 Å². The maximum Gasteiger partial charge on any atom is 0.490 e. The number of rotatable bonds is 3. The number of furan rings is 1. The monoisotopic (exact) mass is 462 g/mol. The summed E-state index contributed by atoms with van der Waals surface area (Å²) >= 11 is 1.76. The molecule has 0 bridgehead atoms. The summed E-state index contributed by atoms with van der Waals surface area (Å²) in [5.74, 6) is -2.80. The van der Waals surface area contributed by atoms with Crippen LogP contribution in [0.15, 0.2) is 40.5 Å². The van der Waals surface area contributed by atoms with Crippen LogP contribution >= 0.6 is 11.3 Å². The predicted molar refractivity (Wildman–Crippen MR) is 104 cm³/mol. The highest BCUT2D eigenvalue weighted by Gasteiger charge is 2.43. The van der Waals surface area contributed by atoms with Gasteiger partial charge in [-0.2, -0.15) is 13.2 Å². The molecule has 1 N–H and O–H groups in total. The van der Waals surface area contributed by atoms with Gasteiger partial charge < -0.3 is 23.9 Å². The second kappa shape index (κ2) is 9.81. The Morgan fingerprint density at radius 3 is 2.68 bits per heavy atom. The predicted octanol–water partition coefficient (Wildman–Crippen LogP) is 2.61. The zero-order chi connectivity index (χ0) is 22.5. The fraction of sp³-hybridized carbons (Fsp3) is 0.474. The molecule has 1 amide bonds. The fourth-order valence-corrected chi connectivity index (χ4v) is 4.03. The van der Waals surface area contributed by atoms with Gasteiger partial charge in [-0.1, -0.05) is 6.07 Å². The normalized spacial score (nSPS) is 22.7. The lowest BCUT2D eigenvalue weighted by Gasteiger charge is -2.42. The van der Waals surface area contributed by atoms with Gasteiger partial charge in [-0.05, 0) is 11.4 Å². The molecule has 31 heavy (non-hydrogen) atoms. The summed E-state index contributed by atoms with van der Waals surface area (Å²) in [7, 11) is 0. The number of carbonyl (C=O) groups is 2. The Kier molecular flexibility index (Phi) is 7.36. The molecule has 0 radical (unpaired) electrons. The van der Waals surface area contributed by atoms with Crippen LogP contribution in [0.2, 0.25) is 0 Å². The lowest BCUT2D eigenvalue weighted by molar-refractivity contribution is -0.192. The Bertz CT molecular complexity index is 859. The third-order valence-corrected chi connectivity index (χ3v) is 5.56. The second-order valence-electron chi connectivity index (χ2n) is 7.08. The summed E-state index contributed by atoms with van der Waals surface area (Å²) in [5.41, 5.74) is 0.274. The quantitative estimate of drug-likeness (QED) is 0.750. The van der Waals surface area contributed by atoms with E-state index in [-0.39, 0.29) is 12.5 Å². The number of ether oxygens (including phenoxy) is 2. The molecule has 8 nitrogen and oxygen atoms in total. The van der Waals surface area contributed by atoms with Crippen molar-refractivity contribution in [1.82, 2.24) is 4.90 Å². The number of carboxylic acid groups (broad SMARTS) is 1. The number of halogens is 3. The van der Waals surface area contributed by atoms with E-state index >= 15 is 0 Å². The molecule has 2 aromatic heterocycles. The fourth-order valence-electron chi connectivity index (χ4n) is 3.29. The Morgan fingerprint density at radius 1 is 1.29 bits per heavy atom. The van der Waals surface area contributed by atoms with E-state index in [0.717, 1.165) is 25.3 Å². The van der Waals surface area contributed by atoms with Crippen LogP contribution in [0.3, 0.4) is 0 Å². The van der Waals surface area contributed by atoms with Crippen molar-refractivity contribution in [2.45, 2.75) is 18.3 Å². The number of alkyl halides is 3. The molecule has 0 saturated carbocycles. The number of morpholine rings is 1. The van der Waals surface area contributed by atoms with Gasteiger partial charge in [0.15, 0.2) is 0 Å². The van der Waals surface area contributed by atoms with Gasteiger partial charge in [-0.15, -0.1) is 11.3 Å². The summed E-state index contributed by atoms with van der Waals surface area (Å²) < 4.78 is 48.7. The number of carboxylic acids is 1. The molecular weight excluding hydrogens is 441 g/mol. The zero-order valence-electron chi connectivity index (χ0n) is 16.3. The molecule has 2 fully saturated rings. The van der Waals surface area contributed by atoms with E-state index in [2.05, 4.69) is 22.4 Å². The van der Waals surface area contributed by atoms with E-state index in [4.69, 9.17) is 23.8 Å². The molecule has 1 atom stereocenters. The molecule has 1 unspecified atom stereocenters. The molecular formula is C19H21F3N2O6S. The number of nitrogens with zero attached hydrogens (tertiary/aromatic N) is 2. The lowest BCUT2D eigenvalue weighted by atomic mass is 10.0. The highest BCUT2D eigenvalue weighted by atomic mass is 32.1. The van der Waals surface area contributed by atoms with E-state index in [1.54, 1.807) is 34.8 Å². The molecule has 2 aromatic rings. The van der Waals surface area contributed by atoms with Gasteiger partial charge in [0.05, 0.1) is 31.7 Å². The van der Waals surface area contributed by atoms with Crippen LogP contribution in [0.25, 0.3) is 0 Å². The Hall–Kier alpha value is -2.41. The highest BCUT2D eigenvalue weighted by Crippen LogP contribution is 2.28. The standard InChI is InChI=1S/C17H20N2O4S.C2HF3O2/c20-16-10-23-17(12-19(16)14-3-5-21-9-14)11-18(4-6-22-13-17)8-15-2-1-7-24-15;3-2(4,5)1(6)7/h1-3,5,7,9H,4,6,8,10-13H2;(H,6,7). The van der Waals surface area contributed by atoms with Gasteiger partial charge in [0.25, 0.3) is 5.91 Å². The second-order valence-corrected chi connectivity index (χ2v) is 8.11. The number of anilines is 1. The van der Waals surface area contributed by atoms with Crippen LogP contribution in [0.5, 0.6) is 0 Å². The topological polar surface area (TPSA) is 92.4 Å². The average Bonchev–Trinajstić information content (AvgIpc) is 3.38. The van der Waals surface area contributed by atoms with Crippen molar-refractivity contribution in [1.29, 1.82) is 0 Å². The maximum atomic E-state index is 12.2. The van der Waals surface area contributed by atoms with E-state index in [1.165, 1.54) is 4.88 Å². The minimum atomic E-state index is -5.08. The van der Waals surface area contributed by atoms with Gasteiger partial charge in [-0.3, -0.25) is 9.69 Å². The summed E-state index contributed by atoms with van der Waals surface area (Å²) in [6.07, 6.45) is -1.91. The van der Waals surface area contributed by atoms with E-state index in [1.807, 2.05) is 0 Å². The number of hydrogen-bond acceptors (Lipinski definition) is 7. The minimum Gasteiger partial charge on any atom is -0.475 e. The number of carbonyl (C=O) groups excluding carboxylic acids is 1. The Balaban J connectivity index is 0.000000339. The largest absolute Gasteiger partial charge is 0.490 e. The molecule has 12 heteroatoms. The molecule has 170 valence electrons. The van der Waals surface area contributed by atoms with Crippen LogP contribution in [-0.4, -0.2) is 73.1 Å². The molecule has 0 aliphatic carbocycles. The lowest BCUT2D eigenvalue weighted by Crippen LogP contribution is -2.60. The first kappa shape index (κ1) is 23.3. The van der Waals surface area contributed by atoms with Crippen molar-refractivity contribution < 1.29 is 41.8 Å². The minimum absolute atomic E-state index is 0.0453. The molecule has 0 aromatic carbocycles. The van der Waals surface area contributed by atoms with Gasteiger partial charge >= 0.3 is 12.1 Å². The van der Waals surface area contributed by atoms with Crippen LogP contribution in [0.4, 0.5) is 18.9 Å². The summed E-state index contributed by atoms with van der Waals surface area (Å²) in [4.78, 5) is 26.6. The van der Waals surface area contributed by atoms with E-state index in [0.29, 0.717) is 19.8 Å². The van der Waals surface area contributed by atoms with Gasteiger partial charge in [-0.25, -0.2) is 4.79 Å². The van der Waals surface area contributed by atoms with Crippen LogP contribution < -0.4 is 4.90 Å². The van der Waals surface area contributed by atoms with Crippen LogP contribution in [0.1, 0.15) is 4.88 Å². The highest BCUT2D eigenvalue weighted by molar-refractivity contribution is 7.09. The van der Waals surface area contributed by atoms with E-state index < -0.39 is 17.7 Å². The van der Waals surface area contributed by atoms with Crippen molar-refractivity contribution in [3.63, 3.8) is 0 Å². The van der Waals surface area contributed by atoms with Gasteiger partial charge in [0.2, 0.25) is 0 Å². The number of hydrogen-bond donors (Lipinski definition) is 1. The van der Waals surface area contributed by atoms with Crippen molar-refractivity contribution in [3.8, 4) is 0 Å². The molecule has 4 heterocycles. The average molecular weight is 462 g/mol. The van der Waals surface area contributed by atoms with Crippen molar-refractivity contribution in [3.05, 3.63) is 41.0 Å². The first-order valence-electron chi connectivity index (χ1n) is 9.28. The van der Waals surface area contributed by atoms with E-state index in [9.17, 15) is 18.0 Å². The van der Waals surface area contributed by atoms with Crippen molar-refractivity contribution in [2.75, 3.05) is 44.4 Å². The molecule has 2 saturated heterocycles. The number of amides is 1. The molecule has 2 aliphatic heterocycles. The van der Waals surface area contributed by atoms with Crippen molar-refractivity contribution >= 4 is 28.9 Å². The Morgan fingerprint density at radius 2 is 2.06 bits per heavy atom. The SMILES string of the molecule is O=C(O)C(F)(F)F.O=C1COC2(COCCN(Cc3cccs3)C2)CN1c1ccoc1. The summed E-state index contributed by atoms with van der Waals surface area (Å²) in [5, 5.41) is 9.22. The number of thiophene rings is 1.